The van der Waals surface area contributed by atoms with Crippen LogP contribution in [0.15, 0.2) is 22.6 Å². The van der Waals surface area contributed by atoms with Crippen molar-refractivity contribution in [1.29, 1.82) is 0 Å². The number of nitrogens with zero attached hydrogens (tertiary/aromatic N) is 1. The van der Waals surface area contributed by atoms with Crippen LogP contribution in [0.1, 0.15) is 43.4 Å². The van der Waals surface area contributed by atoms with Gasteiger partial charge >= 0.3 is 5.97 Å². The molecule has 1 rings (SSSR count). The molecule has 1 aromatic heterocycles. The van der Waals surface area contributed by atoms with Crippen LogP contribution in [0.25, 0.3) is 0 Å². The molecule has 0 atom stereocenters. The van der Waals surface area contributed by atoms with Crippen LogP contribution in [-0.2, 0) is 9.59 Å². The maximum atomic E-state index is 11.4. The maximum absolute atomic E-state index is 11.4. The quantitative estimate of drug-likeness (QED) is 0.415. The fraction of sp³-hybridized carbons (Fsp3) is 0.462. The van der Waals surface area contributed by atoms with Gasteiger partial charge in [-0.25, -0.2) is 5.43 Å². The van der Waals surface area contributed by atoms with E-state index in [1.54, 1.807) is 17.6 Å². The smallest absolute Gasteiger partial charge is 0.303 e. The van der Waals surface area contributed by atoms with Crippen LogP contribution in [0.4, 0.5) is 0 Å². The van der Waals surface area contributed by atoms with Gasteiger partial charge in [-0.3, -0.25) is 9.59 Å². The minimum atomic E-state index is -0.763. The summed E-state index contributed by atoms with van der Waals surface area (Å²) in [7, 11) is 0. The van der Waals surface area contributed by atoms with Crippen LogP contribution in [0.2, 0.25) is 0 Å². The van der Waals surface area contributed by atoms with Crippen molar-refractivity contribution in [1.82, 2.24) is 5.43 Å². The molecule has 19 heavy (non-hydrogen) atoms. The lowest BCUT2D eigenvalue weighted by Gasteiger charge is -2.00. The summed E-state index contributed by atoms with van der Waals surface area (Å²) in [4.78, 5) is 22.7. The Hall–Kier alpha value is -1.69. The molecule has 1 amide bonds. The Morgan fingerprint density at radius 1 is 1.26 bits per heavy atom. The molecule has 1 aromatic rings. The Bertz CT molecular complexity index is 416. The second kappa shape index (κ2) is 9.27. The van der Waals surface area contributed by atoms with E-state index in [2.05, 4.69) is 10.5 Å². The van der Waals surface area contributed by atoms with Crippen LogP contribution in [0.3, 0.4) is 0 Å². The van der Waals surface area contributed by atoms with Gasteiger partial charge in [-0.1, -0.05) is 18.9 Å². The lowest BCUT2D eigenvalue weighted by atomic mass is 10.1. The fourth-order valence-electron chi connectivity index (χ4n) is 1.50. The lowest BCUT2D eigenvalue weighted by molar-refractivity contribution is -0.137. The molecule has 6 heteroatoms. The Labute approximate surface area is 116 Å². The summed E-state index contributed by atoms with van der Waals surface area (Å²) >= 11 is 1.56. The van der Waals surface area contributed by atoms with Gasteiger partial charge in [-0.05, 0) is 24.3 Å². The van der Waals surface area contributed by atoms with E-state index in [1.165, 1.54) is 0 Å². The summed E-state index contributed by atoms with van der Waals surface area (Å²) in [5.41, 5.74) is 2.47. The van der Waals surface area contributed by atoms with Crippen LogP contribution < -0.4 is 5.43 Å². The van der Waals surface area contributed by atoms with E-state index in [4.69, 9.17) is 5.11 Å². The lowest BCUT2D eigenvalue weighted by Crippen LogP contribution is -2.16. The fourth-order valence-corrected chi connectivity index (χ4v) is 2.09. The molecule has 0 bridgehead atoms. The van der Waals surface area contributed by atoms with E-state index in [-0.39, 0.29) is 12.3 Å². The Balaban J connectivity index is 2.00. The second-order valence-corrected chi connectivity index (χ2v) is 5.10. The predicted molar refractivity (Wildman–Crippen MR) is 75.4 cm³/mol. The zero-order chi connectivity index (χ0) is 13.9. The number of hydrogen-bond donors (Lipinski definition) is 2. The van der Waals surface area contributed by atoms with E-state index < -0.39 is 5.97 Å². The van der Waals surface area contributed by atoms with E-state index in [0.717, 1.165) is 24.1 Å². The van der Waals surface area contributed by atoms with E-state index in [0.29, 0.717) is 12.8 Å². The maximum Gasteiger partial charge on any atom is 0.303 e. The third-order valence-electron chi connectivity index (χ3n) is 2.47. The number of carboxylic acids is 1. The zero-order valence-corrected chi connectivity index (χ0v) is 11.5. The number of carboxylic acid groups (broad SMARTS) is 1. The number of hydrazone groups is 1. The van der Waals surface area contributed by atoms with Crippen molar-refractivity contribution < 1.29 is 14.7 Å². The molecule has 0 unspecified atom stereocenters. The van der Waals surface area contributed by atoms with Crippen molar-refractivity contribution in [3.63, 3.8) is 0 Å². The first-order valence-corrected chi connectivity index (χ1v) is 7.13. The third kappa shape index (κ3) is 8.10. The standard InChI is InChI=1S/C13H18N2O3S/c16-12(7-3-1-2-4-8-13(17)18)15-14-10-11-6-5-9-19-11/h5-6,9-10H,1-4,7-8H2,(H,15,16)(H,17,18)/b14-10+. The summed E-state index contributed by atoms with van der Waals surface area (Å²) in [5.74, 6) is -0.869. The number of thiophene rings is 1. The largest absolute Gasteiger partial charge is 0.481 e. The average molecular weight is 282 g/mol. The van der Waals surface area contributed by atoms with Gasteiger partial charge in [0.1, 0.15) is 0 Å². The van der Waals surface area contributed by atoms with Crippen molar-refractivity contribution in [3.8, 4) is 0 Å². The first-order valence-electron chi connectivity index (χ1n) is 6.25. The molecule has 104 valence electrons. The molecule has 1 heterocycles. The molecule has 0 aliphatic rings. The molecule has 0 fully saturated rings. The number of hydrogen-bond acceptors (Lipinski definition) is 4. The van der Waals surface area contributed by atoms with Crippen molar-refractivity contribution in [3.05, 3.63) is 22.4 Å². The number of amides is 1. The van der Waals surface area contributed by atoms with Gasteiger partial charge in [0.25, 0.3) is 0 Å². The highest BCUT2D eigenvalue weighted by Gasteiger charge is 2.00. The molecule has 0 aromatic carbocycles. The summed E-state index contributed by atoms with van der Waals surface area (Å²) in [6.07, 6.45) is 5.41. The number of carbonyl (C=O) groups excluding carboxylic acids is 1. The Morgan fingerprint density at radius 3 is 2.63 bits per heavy atom. The number of unbranched alkanes of at least 4 members (excludes halogenated alkanes) is 3. The number of nitrogens with one attached hydrogen (secondary N) is 1. The van der Waals surface area contributed by atoms with Crippen molar-refractivity contribution in [2.75, 3.05) is 0 Å². The monoisotopic (exact) mass is 282 g/mol. The van der Waals surface area contributed by atoms with Gasteiger partial charge in [0, 0.05) is 17.7 Å². The number of rotatable bonds is 9. The van der Waals surface area contributed by atoms with E-state index in [1.807, 2.05) is 17.5 Å². The minimum Gasteiger partial charge on any atom is -0.481 e. The number of carbonyl (C=O) groups is 2. The minimum absolute atomic E-state index is 0.106. The van der Waals surface area contributed by atoms with Gasteiger partial charge in [-0.2, -0.15) is 5.10 Å². The van der Waals surface area contributed by atoms with Gasteiger partial charge in [-0.15, -0.1) is 11.3 Å². The summed E-state index contributed by atoms with van der Waals surface area (Å²) in [6.45, 7) is 0. The molecule has 0 aliphatic carbocycles. The molecule has 0 radical (unpaired) electrons. The van der Waals surface area contributed by atoms with E-state index in [9.17, 15) is 9.59 Å². The van der Waals surface area contributed by atoms with Crippen molar-refractivity contribution in [2.24, 2.45) is 5.10 Å². The second-order valence-electron chi connectivity index (χ2n) is 4.12. The van der Waals surface area contributed by atoms with Crippen molar-refractivity contribution in [2.45, 2.75) is 38.5 Å². The molecule has 0 saturated carbocycles. The summed E-state index contributed by atoms with van der Waals surface area (Å²) < 4.78 is 0. The van der Waals surface area contributed by atoms with Crippen LogP contribution in [-0.4, -0.2) is 23.2 Å². The highest BCUT2D eigenvalue weighted by molar-refractivity contribution is 7.11. The normalized spacial score (nSPS) is 10.7. The zero-order valence-electron chi connectivity index (χ0n) is 10.7. The topological polar surface area (TPSA) is 78.8 Å². The molecule has 0 saturated heterocycles. The van der Waals surface area contributed by atoms with Crippen LogP contribution in [0, 0.1) is 0 Å². The van der Waals surface area contributed by atoms with E-state index >= 15 is 0 Å². The molecular formula is C13H18N2O3S. The molecule has 0 spiro atoms. The summed E-state index contributed by atoms with van der Waals surface area (Å²) in [5, 5.41) is 14.3. The Kier molecular flexibility index (Phi) is 7.50. The SMILES string of the molecule is O=C(O)CCCCCCC(=O)N/N=C/c1cccs1. The van der Waals surface area contributed by atoms with Gasteiger partial charge < -0.3 is 5.11 Å². The highest BCUT2D eigenvalue weighted by Crippen LogP contribution is 2.06. The summed E-state index contributed by atoms with van der Waals surface area (Å²) in [6, 6.07) is 3.84. The molecule has 5 nitrogen and oxygen atoms in total. The third-order valence-corrected chi connectivity index (χ3v) is 3.28. The molecule has 2 N–H and O–H groups in total. The van der Waals surface area contributed by atoms with Gasteiger partial charge in [0.05, 0.1) is 6.21 Å². The predicted octanol–water partition coefficient (Wildman–Crippen LogP) is 2.62. The van der Waals surface area contributed by atoms with Crippen LogP contribution in [0.5, 0.6) is 0 Å². The van der Waals surface area contributed by atoms with Gasteiger partial charge in [0.15, 0.2) is 0 Å². The highest BCUT2D eigenvalue weighted by atomic mass is 32.1. The molecule has 0 aliphatic heterocycles. The van der Waals surface area contributed by atoms with Gasteiger partial charge in [0.2, 0.25) is 5.91 Å². The first-order chi connectivity index (χ1) is 9.18. The van der Waals surface area contributed by atoms with Crippen molar-refractivity contribution >= 4 is 29.4 Å². The van der Waals surface area contributed by atoms with Crippen LogP contribution >= 0.6 is 11.3 Å². The average Bonchev–Trinajstić information content (AvgIpc) is 2.86. The Morgan fingerprint density at radius 2 is 2.00 bits per heavy atom. The molecular weight excluding hydrogens is 264 g/mol. The first kappa shape index (κ1) is 15.4. The number of aliphatic carboxylic acids is 1.